The average molecular weight is 492 g/mol. The lowest BCUT2D eigenvalue weighted by atomic mass is 10.0. The predicted molar refractivity (Wildman–Crippen MR) is 117 cm³/mol. The van der Waals surface area contributed by atoms with E-state index in [2.05, 4.69) is 15.6 Å². The second kappa shape index (κ2) is 10.9. The second-order valence-corrected chi connectivity index (χ2v) is 7.34. The first-order valence-corrected chi connectivity index (χ1v) is 9.43. The number of likely N-dealkylation sites (tertiary alicyclic amines) is 1. The number of carbonyl (C=O) groups is 1. The first-order valence-electron chi connectivity index (χ1n) is 9.43. The molecule has 0 bridgehead atoms. The van der Waals surface area contributed by atoms with E-state index in [0.29, 0.717) is 11.7 Å². The van der Waals surface area contributed by atoms with Crippen molar-refractivity contribution >= 4 is 35.8 Å². The van der Waals surface area contributed by atoms with Gasteiger partial charge in [0.2, 0.25) is 5.91 Å². The van der Waals surface area contributed by atoms with Gasteiger partial charge in [-0.05, 0) is 38.8 Å². The highest BCUT2D eigenvalue weighted by atomic mass is 127. The van der Waals surface area contributed by atoms with Crippen LogP contribution >= 0.6 is 24.0 Å². The van der Waals surface area contributed by atoms with Gasteiger partial charge in [-0.3, -0.25) is 4.79 Å². The summed E-state index contributed by atoms with van der Waals surface area (Å²) in [6.07, 6.45) is 3.32. The number of amides is 1. The fourth-order valence-corrected chi connectivity index (χ4v) is 3.02. The Hall–Kier alpha value is -1.29. The van der Waals surface area contributed by atoms with Gasteiger partial charge in [-0.2, -0.15) is 0 Å². The molecule has 154 valence electrons. The Morgan fingerprint density at radius 2 is 2.11 bits per heavy atom. The van der Waals surface area contributed by atoms with Gasteiger partial charge in [0.1, 0.15) is 11.4 Å². The smallest absolute Gasteiger partial charge is 0.225 e. The zero-order valence-electron chi connectivity index (χ0n) is 16.7. The van der Waals surface area contributed by atoms with E-state index in [9.17, 15) is 9.90 Å². The van der Waals surface area contributed by atoms with Crippen molar-refractivity contribution < 1.29 is 14.3 Å². The molecule has 1 aromatic rings. The molecule has 1 atom stereocenters. The van der Waals surface area contributed by atoms with Gasteiger partial charge in [0.25, 0.3) is 0 Å². The molecule has 0 radical (unpaired) electrons. The minimum absolute atomic E-state index is 0. The lowest BCUT2D eigenvalue weighted by Gasteiger charge is -2.34. The third-order valence-corrected chi connectivity index (χ3v) is 4.58. The number of hydrogen-bond donors (Lipinski definition) is 3. The third-order valence-electron chi connectivity index (χ3n) is 4.58. The summed E-state index contributed by atoms with van der Waals surface area (Å²) >= 11 is 0. The highest BCUT2D eigenvalue weighted by Crippen LogP contribution is 2.21. The summed E-state index contributed by atoms with van der Waals surface area (Å²) in [5.41, 5.74) is -1.15. The van der Waals surface area contributed by atoms with Crippen LogP contribution in [0.25, 0.3) is 0 Å². The first-order chi connectivity index (χ1) is 12.3. The normalized spacial score (nSPS) is 18.0. The maximum atomic E-state index is 12.1. The van der Waals surface area contributed by atoms with Gasteiger partial charge in [-0.25, -0.2) is 4.99 Å². The lowest BCUT2D eigenvalue weighted by molar-refractivity contribution is -0.135. The number of guanidine groups is 1. The van der Waals surface area contributed by atoms with Crippen molar-refractivity contribution in [3.63, 3.8) is 0 Å². The summed E-state index contributed by atoms with van der Waals surface area (Å²) in [6.45, 7) is 10.0. The number of nitrogens with zero attached hydrogens (tertiary/aromatic N) is 2. The molecule has 0 saturated carbocycles. The molecule has 2 heterocycles. The van der Waals surface area contributed by atoms with Crippen molar-refractivity contribution in [1.82, 2.24) is 15.5 Å². The summed E-state index contributed by atoms with van der Waals surface area (Å²) < 4.78 is 5.30. The molecule has 1 saturated heterocycles. The van der Waals surface area contributed by atoms with Crippen LogP contribution in [0.2, 0.25) is 0 Å². The van der Waals surface area contributed by atoms with Gasteiger partial charge in [-0.1, -0.05) is 13.8 Å². The SMILES string of the molecule is CCNC(=NCC(C)(O)c1ccco1)NC1CCN(C(=O)C(C)C)CC1.I. The van der Waals surface area contributed by atoms with E-state index < -0.39 is 5.60 Å². The number of carbonyl (C=O) groups excluding carboxylic acids is 1. The van der Waals surface area contributed by atoms with E-state index >= 15 is 0 Å². The van der Waals surface area contributed by atoms with Crippen LogP contribution in [0, 0.1) is 5.92 Å². The van der Waals surface area contributed by atoms with Crippen LogP contribution in [-0.4, -0.2) is 54.1 Å². The predicted octanol–water partition coefficient (Wildman–Crippen LogP) is 2.31. The van der Waals surface area contributed by atoms with E-state index in [-0.39, 0.29) is 48.4 Å². The quantitative estimate of drug-likeness (QED) is 0.322. The molecule has 7 nitrogen and oxygen atoms in total. The molecule has 0 aliphatic carbocycles. The lowest BCUT2D eigenvalue weighted by Crippen LogP contribution is -2.50. The van der Waals surface area contributed by atoms with Crippen LogP contribution in [0.1, 0.15) is 46.3 Å². The van der Waals surface area contributed by atoms with Crippen LogP contribution in [0.3, 0.4) is 0 Å². The third kappa shape index (κ3) is 6.99. The Kier molecular flexibility index (Phi) is 9.58. The van der Waals surface area contributed by atoms with Crippen molar-refractivity contribution in [1.29, 1.82) is 0 Å². The van der Waals surface area contributed by atoms with Crippen LogP contribution in [0.4, 0.5) is 0 Å². The van der Waals surface area contributed by atoms with Crippen LogP contribution < -0.4 is 10.6 Å². The van der Waals surface area contributed by atoms with E-state index in [4.69, 9.17) is 4.42 Å². The van der Waals surface area contributed by atoms with E-state index in [1.165, 1.54) is 0 Å². The average Bonchev–Trinajstić information content (AvgIpc) is 3.15. The molecule has 1 aliphatic heterocycles. The van der Waals surface area contributed by atoms with Crippen molar-refractivity contribution in [2.45, 2.75) is 52.2 Å². The highest BCUT2D eigenvalue weighted by molar-refractivity contribution is 14.0. The molecule has 1 aliphatic rings. The maximum absolute atomic E-state index is 12.1. The number of halogens is 1. The zero-order chi connectivity index (χ0) is 19.2. The van der Waals surface area contributed by atoms with Gasteiger partial charge >= 0.3 is 0 Å². The summed E-state index contributed by atoms with van der Waals surface area (Å²) in [7, 11) is 0. The van der Waals surface area contributed by atoms with E-state index in [1.54, 1.807) is 25.3 Å². The van der Waals surface area contributed by atoms with Gasteiger partial charge in [0.05, 0.1) is 12.8 Å². The van der Waals surface area contributed by atoms with Crippen molar-refractivity contribution in [2.75, 3.05) is 26.2 Å². The molecule has 0 spiro atoms. The van der Waals surface area contributed by atoms with Crippen LogP contribution in [0.5, 0.6) is 0 Å². The van der Waals surface area contributed by atoms with Crippen molar-refractivity contribution in [2.24, 2.45) is 10.9 Å². The zero-order valence-corrected chi connectivity index (χ0v) is 19.0. The molecule has 3 N–H and O–H groups in total. The summed E-state index contributed by atoms with van der Waals surface area (Å²) in [5, 5.41) is 17.2. The van der Waals surface area contributed by atoms with E-state index in [0.717, 1.165) is 32.5 Å². The molecule has 27 heavy (non-hydrogen) atoms. The molecule has 8 heteroatoms. The molecule has 1 amide bonds. The second-order valence-electron chi connectivity index (χ2n) is 7.34. The number of hydrogen-bond acceptors (Lipinski definition) is 4. The maximum Gasteiger partial charge on any atom is 0.225 e. The van der Waals surface area contributed by atoms with Crippen molar-refractivity contribution in [3.8, 4) is 0 Å². The molecular weight excluding hydrogens is 459 g/mol. The Labute approximate surface area is 179 Å². The molecule has 1 aromatic heterocycles. The summed E-state index contributed by atoms with van der Waals surface area (Å²) in [6, 6.07) is 3.76. The topological polar surface area (TPSA) is 90.1 Å². The monoisotopic (exact) mass is 492 g/mol. The number of aliphatic imine (C=N–C) groups is 1. The number of piperidine rings is 1. The highest BCUT2D eigenvalue weighted by Gasteiger charge is 2.27. The van der Waals surface area contributed by atoms with Gasteiger partial charge in [-0.15, -0.1) is 24.0 Å². The minimum atomic E-state index is -1.15. The number of furan rings is 1. The molecule has 1 unspecified atom stereocenters. The van der Waals surface area contributed by atoms with E-state index in [1.807, 2.05) is 25.7 Å². The number of rotatable bonds is 6. The fourth-order valence-electron chi connectivity index (χ4n) is 3.02. The van der Waals surface area contributed by atoms with Gasteiger partial charge in [0, 0.05) is 31.6 Å². The standard InChI is InChI=1S/C19H32N4O3.HI/c1-5-20-18(21-13-19(4,25)16-7-6-12-26-16)22-15-8-10-23(11-9-15)17(24)14(2)3;/h6-7,12,14-15,25H,5,8-11,13H2,1-4H3,(H2,20,21,22);1H. The van der Waals surface area contributed by atoms with Gasteiger partial charge < -0.3 is 25.1 Å². The molecule has 1 fully saturated rings. The Morgan fingerprint density at radius 1 is 1.44 bits per heavy atom. The fraction of sp³-hybridized carbons (Fsp3) is 0.684. The molecular formula is C19H33IN4O3. The number of aliphatic hydroxyl groups is 1. The molecule has 2 rings (SSSR count). The van der Waals surface area contributed by atoms with Crippen molar-refractivity contribution in [3.05, 3.63) is 24.2 Å². The Bertz CT molecular complexity index is 594. The van der Waals surface area contributed by atoms with Crippen LogP contribution in [-0.2, 0) is 10.4 Å². The summed E-state index contributed by atoms with van der Waals surface area (Å²) in [5.74, 6) is 1.44. The molecule has 0 aromatic carbocycles. The van der Waals surface area contributed by atoms with Crippen LogP contribution in [0.15, 0.2) is 27.8 Å². The largest absolute Gasteiger partial charge is 0.466 e. The van der Waals surface area contributed by atoms with Gasteiger partial charge in [0.15, 0.2) is 5.96 Å². The number of nitrogens with one attached hydrogen (secondary N) is 2. The Balaban J connectivity index is 0.00000364. The minimum Gasteiger partial charge on any atom is -0.466 e. The first kappa shape index (κ1) is 23.7. The Morgan fingerprint density at radius 3 is 2.63 bits per heavy atom. The summed E-state index contributed by atoms with van der Waals surface area (Å²) in [4.78, 5) is 18.5.